The van der Waals surface area contributed by atoms with Crippen molar-refractivity contribution < 1.29 is 23.8 Å². The van der Waals surface area contributed by atoms with Crippen LogP contribution in [-0.2, 0) is 14.3 Å². The Morgan fingerprint density at radius 3 is 2.75 bits per heavy atom. The third-order valence-corrected chi connectivity index (χ3v) is 5.90. The average Bonchev–Trinajstić information content (AvgIpc) is 2.94. The SMILES string of the molecule is CCCCOc1c(Br)cc(/C=C2\SC(=S)N(CCC(=O)OC)C2=O)cc1OC. The highest BCUT2D eigenvalue weighted by atomic mass is 79.9. The van der Waals surface area contributed by atoms with Crippen molar-refractivity contribution in [2.45, 2.75) is 26.2 Å². The van der Waals surface area contributed by atoms with Crippen LogP contribution >= 0.6 is 39.9 Å². The Morgan fingerprint density at radius 1 is 1.36 bits per heavy atom. The first-order valence-electron chi connectivity index (χ1n) is 8.73. The number of methoxy groups -OCH3 is 2. The number of ether oxygens (including phenoxy) is 3. The first kappa shape index (κ1) is 22.7. The quantitative estimate of drug-likeness (QED) is 0.221. The molecule has 1 aromatic carbocycles. The van der Waals surface area contributed by atoms with Gasteiger partial charge >= 0.3 is 5.97 Å². The van der Waals surface area contributed by atoms with Crippen LogP contribution < -0.4 is 9.47 Å². The Bertz CT molecular complexity index is 797. The maximum Gasteiger partial charge on any atom is 0.307 e. The number of amides is 1. The van der Waals surface area contributed by atoms with Crippen molar-refractivity contribution in [3.8, 4) is 11.5 Å². The molecule has 0 bridgehead atoms. The molecular formula is C19H22BrNO5S2. The second-order valence-electron chi connectivity index (χ2n) is 5.90. The predicted molar refractivity (Wildman–Crippen MR) is 118 cm³/mol. The highest BCUT2D eigenvalue weighted by Gasteiger charge is 2.32. The maximum absolute atomic E-state index is 12.6. The molecule has 0 saturated carbocycles. The number of carbonyl (C=O) groups excluding carboxylic acids is 2. The summed E-state index contributed by atoms with van der Waals surface area (Å²) in [6.45, 7) is 2.90. The molecule has 1 fully saturated rings. The Balaban J connectivity index is 2.20. The smallest absolute Gasteiger partial charge is 0.307 e. The van der Waals surface area contributed by atoms with Crippen molar-refractivity contribution >= 4 is 62.2 Å². The Labute approximate surface area is 182 Å². The van der Waals surface area contributed by atoms with E-state index in [-0.39, 0.29) is 24.8 Å². The molecule has 0 spiro atoms. The predicted octanol–water partition coefficient (Wildman–Crippen LogP) is 4.40. The zero-order chi connectivity index (χ0) is 20.7. The topological polar surface area (TPSA) is 65.1 Å². The highest BCUT2D eigenvalue weighted by Crippen LogP contribution is 2.39. The van der Waals surface area contributed by atoms with E-state index in [0.29, 0.717) is 27.3 Å². The third-order valence-electron chi connectivity index (χ3n) is 3.93. The first-order valence-corrected chi connectivity index (χ1v) is 10.8. The van der Waals surface area contributed by atoms with Crippen molar-refractivity contribution in [1.29, 1.82) is 0 Å². The van der Waals surface area contributed by atoms with Crippen LogP contribution in [0.4, 0.5) is 0 Å². The number of rotatable bonds is 9. The monoisotopic (exact) mass is 487 g/mol. The van der Waals surface area contributed by atoms with Crippen LogP contribution in [0.15, 0.2) is 21.5 Å². The fourth-order valence-electron chi connectivity index (χ4n) is 2.43. The average molecular weight is 488 g/mol. The molecule has 1 saturated heterocycles. The molecule has 0 N–H and O–H groups in total. The summed E-state index contributed by atoms with van der Waals surface area (Å²) in [6, 6.07) is 3.68. The zero-order valence-electron chi connectivity index (χ0n) is 16.0. The molecule has 0 aliphatic carbocycles. The Morgan fingerprint density at radius 2 is 2.11 bits per heavy atom. The summed E-state index contributed by atoms with van der Waals surface area (Å²) in [6.07, 6.45) is 3.83. The molecule has 9 heteroatoms. The summed E-state index contributed by atoms with van der Waals surface area (Å²) in [7, 11) is 2.89. The van der Waals surface area contributed by atoms with Crippen molar-refractivity contribution in [2.75, 3.05) is 27.4 Å². The van der Waals surface area contributed by atoms with Crippen molar-refractivity contribution in [3.63, 3.8) is 0 Å². The van der Waals surface area contributed by atoms with E-state index in [0.717, 1.165) is 22.9 Å². The van der Waals surface area contributed by atoms with E-state index < -0.39 is 0 Å². The molecule has 6 nitrogen and oxygen atoms in total. The van der Waals surface area contributed by atoms with E-state index in [1.165, 1.54) is 23.8 Å². The lowest BCUT2D eigenvalue weighted by atomic mass is 10.2. The van der Waals surface area contributed by atoms with Gasteiger partial charge in [-0.1, -0.05) is 37.3 Å². The van der Waals surface area contributed by atoms with E-state index in [4.69, 9.17) is 21.7 Å². The summed E-state index contributed by atoms with van der Waals surface area (Å²) in [5.74, 6) is 0.610. The molecule has 2 rings (SSSR count). The molecule has 1 aliphatic heterocycles. The second kappa shape index (κ2) is 10.8. The number of carbonyl (C=O) groups is 2. The summed E-state index contributed by atoms with van der Waals surface area (Å²) in [5, 5.41) is 0. The van der Waals surface area contributed by atoms with E-state index in [9.17, 15) is 9.59 Å². The van der Waals surface area contributed by atoms with Gasteiger partial charge in [-0.25, -0.2) is 0 Å². The van der Waals surface area contributed by atoms with Crippen LogP contribution in [0, 0.1) is 0 Å². The third kappa shape index (κ3) is 5.71. The number of hydrogen-bond donors (Lipinski definition) is 0. The van der Waals surface area contributed by atoms with Crippen LogP contribution in [0.1, 0.15) is 31.7 Å². The number of thiocarbonyl (C=S) groups is 1. The molecule has 0 radical (unpaired) electrons. The van der Waals surface area contributed by atoms with E-state index in [1.54, 1.807) is 13.2 Å². The largest absolute Gasteiger partial charge is 0.493 e. The van der Waals surface area contributed by atoms with Gasteiger partial charge in [0, 0.05) is 6.54 Å². The van der Waals surface area contributed by atoms with Gasteiger partial charge in [-0.3, -0.25) is 14.5 Å². The van der Waals surface area contributed by atoms with Crippen molar-refractivity contribution in [3.05, 3.63) is 27.1 Å². The molecule has 152 valence electrons. The summed E-state index contributed by atoms with van der Waals surface area (Å²) < 4.78 is 17.0. The lowest BCUT2D eigenvalue weighted by Crippen LogP contribution is -2.30. The fourth-order valence-corrected chi connectivity index (χ4v) is 4.31. The molecule has 1 aromatic rings. The van der Waals surface area contributed by atoms with Gasteiger partial charge in [0.1, 0.15) is 4.32 Å². The summed E-state index contributed by atoms with van der Waals surface area (Å²) in [5.41, 5.74) is 0.778. The highest BCUT2D eigenvalue weighted by molar-refractivity contribution is 9.10. The number of hydrogen-bond acceptors (Lipinski definition) is 7. The number of halogens is 1. The number of benzene rings is 1. The minimum absolute atomic E-state index is 0.0966. The van der Waals surface area contributed by atoms with Gasteiger partial charge in [-0.2, -0.15) is 0 Å². The fraction of sp³-hybridized carbons (Fsp3) is 0.421. The minimum atomic E-state index is -0.384. The van der Waals surface area contributed by atoms with Crippen LogP contribution in [0.2, 0.25) is 0 Å². The molecule has 1 aliphatic rings. The van der Waals surface area contributed by atoms with Gasteiger partial charge in [0.25, 0.3) is 5.91 Å². The lowest BCUT2D eigenvalue weighted by molar-refractivity contribution is -0.140. The second-order valence-corrected chi connectivity index (χ2v) is 8.43. The zero-order valence-corrected chi connectivity index (χ0v) is 19.2. The Hall–Kier alpha value is -1.58. The number of thioether (sulfide) groups is 1. The van der Waals surface area contributed by atoms with Gasteiger partial charge in [-0.15, -0.1) is 0 Å². The van der Waals surface area contributed by atoms with Crippen molar-refractivity contribution in [2.24, 2.45) is 0 Å². The molecule has 0 atom stereocenters. The standard InChI is InChI=1S/C19H22BrNO5S2/c1-4-5-8-26-17-13(20)9-12(10-14(17)24-2)11-15-18(23)21(19(27)28-15)7-6-16(22)25-3/h9-11H,4-8H2,1-3H3/b15-11-. The first-order chi connectivity index (χ1) is 13.4. The molecule has 0 aromatic heterocycles. The maximum atomic E-state index is 12.6. The lowest BCUT2D eigenvalue weighted by Gasteiger charge is -2.14. The van der Waals surface area contributed by atoms with Gasteiger partial charge in [-0.05, 0) is 46.1 Å². The molecule has 1 amide bonds. The number of unbranched alkanes of at least 4 members (excludes halogenated alkanes) is 1. The molecular weight excluding hydrogens is 466 g/mol. The molecule has 0 unspecified atom stereocenters. The summed E-state index contributed by atoms with van der Waals surface area (Å²) >= 11 is 9.99. The van der Waals surface area contributed by atoms with Crippen LogP contribution in [0.3, 0.4) is 0 Å². The Kier molecular flexibility index (Phi) is 8.78. The summed E-state index contributed by atoms with van der Waals surface area (Å²) in [4.78, 5) is 25.9. The normalized spacial score (nSPS) is 15.3. The van der Waals surface area contributed by atoms with E-state index >= 15 is 0 Å². The van der Waals surface area contributed by atoms with Gasteiger partial charge in [0.15, 0.2) is 11.5 Å². The number of nitrogens with zero attached hydrogens (tertiary/aromatic N) is 1. The van der Waals surface area contributed by atoms with Crippen LogP contribution in [0.5, 0.6) is 11.5 Å². The van der Waals surface area contributed by atoms with Crippen LogP contribution in [0.25, 0.3) is 6.08 Å². The molecule has 28 heavy (non-hydrogen) atoms. The van der Waals surface area contributed by atoms with Gasteiger partial charge < -0.3 is 14.2 Å². The van der Waals surface area contributed by atoms with Gasteiger partial charge in [0.05, 0.1) is 36.6 Å². The van der Waals surface area contributed by atoms with E-state index in [2.05, 4.69) is 27.6 Å². The van der Waals surface area contributed by atoms with Crippen molar-refractivity contribution in [1.82, 2.24) is 4.90 Å². The van der Waals surface area contributed by atoms with E-state index in [1.807, 2.05) is 12.1 Å². The van der Waals surface area contributed by atoms with Crippen LogP contribution in [-0.4, -0.2) is 48.5 Å². The molecule has 1 heterocycles. The minimum Gasteiger partial charge on any atom is -0.493 e. The number of esters is 1. The van der Waals surface area contributed by atoms with Gasteiger partial charge in [0.2, 0.25) is 0 Å².